The minimum absolute atomic E-state index is 0.0373. The van der Waals surface area contributed by atoms with E-state index >= 15 is 0 Å². The molecular formula is C20H21NO4. The van der Waals surface area contributed by atoms with Gasteiger partial charge in [-0.25, -0.2) is 4.79 Å². The zero-order chi connectivity index (χ0) is 17.6. The summed E-state index contributed by atoms with van der Waals surface area (Å²) in [4.78, 5) is 25.9. The van der Waals surface area contributed by atoms with E-state index in [0.717, 1.165) is 25.0 Å². The van der Waals surface area contributed by atoms with E-state index in [0.29, 0.717) is 18.7 Å². The third-order valence-electron chi connectivity index (χ3n) is 4.31. The van der Waals surface area contributed by atoms with Gasteiger partial charge in [0.05, 0.1) is 11.7 Å². The van der Waals surface area contributed by atoms with Crippen LogP contribution in [0.4, 0.5) is 0 Å². The average Bonchev–Trinajstić information content (AvgIpc) is 3.14. The highest BCUT2D eigenvalue weighted by atomic mass is 16.5. The lowest BCUT2D eigenvalue weighted by Crippen LogP contribution is -2.37. The third-order valence-corrected chi connectivity index (χ3v) is 4.31. The van der Waals surface area contributed by atoms with Crippen LogP contribution in [0.25, 0.3) is 0 Å². The molecule has 1 amide bonds. The number of carbonyl (C=O) groups excluding carboxylic acids is 1. The topological polar surface area (TPSA) is 66.8 Å². The fourth-order valence-electron chi connectivity index (χ4n) is 3.03. The Hall–Kier alpha value is -2.66. The lowest BCUT2D eigenvalue weighted by atomic mass is 10.1. The Kier molecular flexibility index (Phi) is 5.46. The van der Waals surface area contributed by atoms with Crippen LogP contribution in [-0.4, -0.2) is 41.1 Å². The molecule has 0 bridgehead atoms. The van der Waals surface area contributed by atoms with Crippen LogP contribution >= 0.6 is 0 Å². The quantitative estimate of drug-likeness (QED) is 0.877. The highest BCUT2D eigenvalue weighted by Gasteiger charge is 2.24. The zero-order valence-corrected chi connectivity index (χ0v) is 13.9. The van der Waals surface area contributed by atoms with Crippen molar-refractivity contribution in [3.8, 4) is 0 Å². The molecule has 0 radical (unpaired) electrons. The number of nitrogens with zero attached hydrogens (tertiary/aromatic N) is 1. The lowest BCUT2D eigenvalue weighted by molar-refractivity contribution is 0.0507. The SMILES string of the molecule is O=C(O)c1cccc(C(=O)N(Cc2ccccc2)CC2CCCO2)c1. The maximum Gasteiger partial charge on any atom is 0.335 e. The number of amides is 1. The van der Waals surface area contributed by atoms with Crippen molar-refractivity contribution in [2.45, 2.75) is 25.5 Å². The van der Waals surface area contributed by atoms with Crippen LogP contribution in [0.15, 0.2) is 54.6 Å². The highest BCUT2D eigenvalue weighted by molar-refractivity contribution is 5.97. The minimum Gasteiger partial charge on any atom is -0.478 e. The molecule has 130 valence electrons. The molecule has 1 unspecified atom stereocenters. The van der Waals surface area contributed by atoms with Crippen molar-refractivity contribution < 1.29 is 19.4 Å². The first-order valence-corrected chi connectivity index (χ1v) is 8.41. The fraction of sp³-hybridized carbons (Fsp3) is 0.300. The minimum atomic E-state index is -1.04. The Morgan fingerprint density at radius 1 is 1.08 bits per heavy atom. The van der Waals surface area contributed by atoms with E-state index in [1.54, 1.807) is 17.0 Å². The maximum atomic E-state index is 13.0. The molecule has 0 saturated carbocycles. The summed E-state index contributed by atoms with van der Waals surface area (Å²) in [5, 5.41) is 9.15. The van der Waals surface area contributed by atoms with Gasteiger partial charge in [-0.05, 0) is 36.6 Å². The van der Waals surface area contributed by atoms with Gasteiger partial charge in [0, 0.05) is 25.3 Å². The number of ether oxygens (including phenoxy) is 1. The molecular weight excluding hydrogens is 318 g/mol. The molecule has 1 atom stereocenters. The summed E-state index contributed by atoms with van der Waals surface area (Å²) >= 11 is 0. The van der Waals surface area contributed by atoms with E-state index in [2.05, 4.69) is 0 Å². The first-order chi connectivity index (χ1) is 12.1. The van der Waals surface area contributed by atoms with Crippen molar-refractivity contribution in [3.05, 3.63) is 71.3 Å². The van der Waals surface area contributed by atoms with Gasteiger partial charge in [0.25, 0.3) is 5.91 Å². The second-order valence-corrected chi connectivity index (χ2v) is 6.19. The van der Waals surface area contributed by atoms with Gasteiger partial charge in [-0.15, -0.1) is 0 Å². The maximum absolute atomic E-state index is 13.0. The third kappa shape index (κ3) is 4.45. The van der Waals surface area contributed by atoms with Gasteiger partial charge in [0.15, 0.2) is 0 Å². The number of carbonyl (C=O) groups is 2. The largest absolute Gasteiger partial charge is 0.478 e. The number of carboxylic acids is 1. The van der Waals surface area contributed by atoms with Gasteiger partial charge < -0.3 is 14.7 Å². The molecule has 5 nitrogen and oxygen atoms in total. The van der Waals surface area contributed by atoms with Gasteiger partial charge in [0.2, 0.25) is 0 Å². The van der Waals surface area contributed by atoms with Crippen LogP contribution < -0.4 is 0 Å². The number of carboxylic acid groups (broad SMARTS) is 1. The van der Waals surface area contributed by atoms with Crippen LogP contribution in [-0.2, 0) is 11.3 Å². The van der Waals surface area contributed by atoms with Gasteiger partial charge in [-0.3, -0.25) is 4.79 Å². The van der Waals surface area contributed by atoms with Crippen LogP contribution in [0.1, 0.15) is 39.1 Å². The number of aromatic carboxylic acids is 1. The normalized spacial score (nSPS) is 16.6. The summed E-state index contributed by atoms with van der Waals surface area (Å²) in [6, 6.07) is 15.9. The lowest BCUT2D eigenvalue weighted by Gasteiger charge is -2.26. The Balaban J connectivity index is 1.82. The predicted molar refractivity (Wildman–Crippen MR) is 93.6 cm³/mol. The van der Waals surface area contributed by atoms with E-state index in [1.165, 1.54) is 12.1 Å². The molecule has 1 saturated heterocycles. The molecule has 0 spiro atoms. The molecule has 1 heterocycles. The first-order valence-electron chi connectivity index (χ1n) is 8.41. The van der Waals surface area contributed by atoms with Gasteiger partial charge in [-0.1, -0.05) is 36.4 Å². The Morgan fingerprint density at radius 2 is 1.84 bits per heavy atom. The smallest absolute Gasteiger partial charge is 0.335 e. The molecule has 0 aliphatic carbocycles. The second kappa shape index (κ2) is 7.94. The van der Waals surface area contributed by atoms with E-state index in [-0.39, 0.29) is 17.6 Å². The molecule has 2 aromatic carbocycles. The molecule has 1 aliphatic heterocycles. The summed E-state index contributed by atoms with van der Waals surface area (Å²) in [5.74, 6) is -1.22. The van der Waals surface area contributed by atoms with Crippen LogP contribution in [0.2, 0.25) is 0 Å². The van der Waals surface area contributed by atoms with E-state index in [4.69, 9.17) is 9.84 Å². The molecule has 1 aliphatic rings. The number of benzene rings is 2. The number of rotatable bonds is 6. The van der Waals surface area contributed by atoms with Crippen molar-refractivity contribution in [1.29, 1.82) is 0 Å². The standard InChI is InChI=1S/C20H21NO4/c22-19(16-8-4-9-17(12-16)20(23)24)21(14-18-10-5-11-25-18)13-15-6-2-1-3-7-15/h1-4,6-9,12,18H,5,10-11,13-14H2,(H,23,24). The number of hydrogen-bond donors (Lipinski definition) is 1. The molecule has 1 fully saturated rings. The summed E-state index contributed by atoms with van der Waals surface area (Å²) in [7, 11) is 0. The van der Waals surface area contributed by atoms with E-state index < -0.39 is 5.97 Å². The van der Waals surface area contributed by atoms with Crippen LogP contribution in [0, 0.1) is 0 Å². The fourth-order valence-corrected chi connectivity index (χ4v) is 3.03. The monoisotopic (exact) mass is 339 g/mol. The summed E-state index contributed by atoms with van der Waals surface area (Å²) < 4.78 is 5.68. The van der Waals surface area contributed by atoms with Crippen molar-refractivity contribution in [1.82, 2.24) is 4.90 Å². The zero-order valence-electron chi connectivity index (χ0n) is 13.9. The van der Waals surface area contributed by atoms with Crippen molar-refractivity contribution >= 4 is 11.9 Å². The molecule has 3 rings (SSSR count). The van der Waals surface area contributed by atoms with Crippen molar-refractivity contribution in [2.24, 2.45) is 0 Å². The predicted octanol–water partition coefficient (Wildman–Crippen LogP) is 3.21. The van der Waals surface area contributed by atoms with E-state index in [9.17, 15) is 9.59 Å². The number of hydrogen-bond acceptors (Lipinski definition) is 3. The molecule has 1 N–H and O–H groups in total. The van der Waals surface area contributed by atoms with Crippen LogP contribution in [0.5, 0.6) is 0 Å². The van der Waals surface area contributed by atoms with Gasteiger partial charge >= 0.3 is 5.97 Å². The van der Waals surface area contributed by atoms with Gasteiger partial charge in [-0.2, -0.15) is 0 Å². The second-order valence-electron chi connectivity index (χ2n) is 6.19. The first kappa shape index (κ1) is 17.2. The van der Waals surface area contributed by atoms with Gasteiger partial charge in [0.1, 0.15) is 0 Å². The Morgan fingerprint density at radius 3 is 2.52 bits per heavy atom. The van der Waals surface area contributed by atoms with Crippen molar-refractivity contribution in [3.63, 3.8) is 0 Å². The molecule has 0 aromatic heterocycles. The summed E-state index contributed by atoms with van der Waals surface area (Å²) in [6.07, 6.45) is 1.98. The Bertz CT molecular complexity index is 738. The molecule has 25 heavy (non-hydrogen) atoms. The highest BCUT2D eigenvalue weighted by Crippen LogP contribution is 2.18. The van der Waals surface area contributed by atoms with E-state index in [1.807, 2.05) is 30.3 Å². The molecule has 2 aromatic rings. The van der Waals surface area contributed by atoms with Crippen LogP contribution in [0.3, 0.4) is 0 Å². The molecule has 5 heteroatoms. The Labute approximate surface area is 146 Å². The summed E-state index contributed by atoms with van der Waals surface area (Å²) in [5.41, 5.74) is 1.53. The summed E-state index contributed by atoms with van der Waals surface area (Å²) in [6.45, 7) is 1.70. The van der Waals surface area contributed by atoms with Crippen molar-refractivity contribution in [2.75, 3.05) is 13.2 Å². The average molecular weight is 339 g/mol.